The van der Waals surface area contributed by atoms with Gasteiger partial charge < -0.3 is 9.47 Å². The number of hydrogen-bond donors (Lipinski definition) is 1. The van der Waals surface area contributed by atoms with Crippen molar-refractivity contribution < 1.29 is 9.47 Å². The second kappa shape index (κ2) is 3.46. The van der Waals surface area contributed by atoms with Gasteiger partial charge in [0, 0.05) is 18.6 Å². The van der Waals surface area contributed by atoms with Gasteiger partial charge in [0.25, 0.3) is 0 Å². The van der Waals surface area contributed by atoms with Gasteiger partial charge in [0.05, 0.1) is 12.2 Å². The van der Waals surface area contributed by atoms with E-state index in [1.54, 1.807) is 0 Å². The SMILES string of the molecule is C1COCC2(C1)NCC1(CCC1)C1(CCC1)O2. The normalized spacial score (nSPS) is 42.4. The Hall–Kier alpha value is -0.120. The largest absolute Gasteiger partial charge is 0.377 e. The van der Waals surface area contributed by atoms with Crippen LogP contribution >= 0.6 is 0 Å². The molecule has 2 heterocycles. The Morgan fingerprint density at radius 2 is 1.71 bits per heavy atom. The van der Waals surface area contributed by atoms with Crippen molar-refractivity contribution >= 4 is 0 Å². The Morgan fingerprint density at radius 3 is 2.24 bits per heavy atom. The Kier molecular flexibility index (Phi) is 2.19. The molecular formula is C14H23NO2. The van der Waals surface area contributed by atoms with E-state index in [-0.39, 0.29) is 11.3 Å². The summed E-state index contributed by atoms with van der Waals surface area (Å²) >= 11 is 0. The number of nitrogens with one attached hydrogen (secondary N) is 1. The highest BCUT2D eigenvalue weighted by Crippen LogP contribution is 2.61. The zero-order valence-electron chi connectivity index (χ0n) is 10.6. The van der Waals surface area contributed by atoms with Crippen LogP contribution in [0.15, 0.2) is 0 Å². The lowest BCUT2D eigenvalue weighted by atomic mass is 9.51. The van der Waals surface area contributed by atoms with Gasteiger partial charge in [-0.1, -0.05) is 6.42 Å². The minimum Gasteiger partial charge on any atom is -0.377 e. The van der Waals surface area contributed by atoms with Crippen molar-refractivity contribution in [3.8, 4) is 0 Å². The summed E-state index contributed by atoms with van der Waals surface area (Å²) in [6.07, 6.45) is 10.3. The van der Waals surface area contributed by atoms with Crippen LogP contribution in [0.2, 0.25) is 0 Å². The van der Waals surface area contributed by atoms with Crippen LogP contribution in [0.1, 0.15) is 51.4 Å². The van der Waals surface area contributed by atoms with Gasteiger partial charge in [-0.2, -0.15) is 0 Å². The molecule has 1 atom stereocenters. The molecule has 2 aliphatic carbocycles. The zero-order valence-corrected chi connectivity index (χ0v) is 10.6. The highest BCUT2D eigenvalue weighted by atomic mass is 16.6. The van der Waals surface area contributed by atoms with Crippen LogP contribution in [0.25, 0.3) is 0 Å². The van der Waals surface area contributed by atoms with Crippen LogP contribution in [-0.2, 0) is 9.47 Å². The van der Waals surface area contributed by atoms with Crippen LogP contribution < -0.4 is 5.32 Å². The maximum absolute atomic E-state index is 6.66. The monoisotopic (exact) mass is 237 g/mol. The highest BCUT2D eigenvalue weighted by molar-refractivity contribution is 5.14. The molecular weight excluding hydrogens is 214 g/mol. The molecule has 0 radical (unpaired) electrons. The quantitative estimate of drug-likeness (QED) is 0.700. The molecule has 1 N–H and O–H groups in total. The van der Waals surface area contributed by atoms with E-state index >= 15 is 0 Å². The fraction of sp³-hybridized carbons (Fsp3) is 1.00. The molecule has 96 valence electrons. The van der Waals surface area contributed by atoms with Crippen LogP contribution in [-0.4, -0.2) is 31.1 Å². The predicted octanol–water partition coefficient (Wildman–Crippen LogP) is 2.21. The van der Waals surface area contributed by atoms with Crippen molar-refractivity contribution in [1.82, 2.24) is 5.32 Å². The van der Waals surface area contributed by atoms with E-state index in [2.05, 4.69) is 5.32 Å². The standard InChI is InChI=1S/C14H23NO2/c1-4-12(5-1)10-15-14(8-3-9-16-11-14)17-13(12)6-2-7-13/h15H,1-11H2. The lowest BCUT2D eigenvalue weighted by molar-refractivity contribution is -0.323. The third kappa shape index (κ3) is 1.33. The van der Waals surface area contributed by atoms with Crippen molar-refractivity contribution in [3.05, 3.63) is 0 Å². The summed E-state index contributed by atoms with van der Waals surface area (Å²) in [5.74, 6) is 0. The molecule has 4 rings (SSSR count). The molecule has 3 spiro atoms. The van der Waals surface area contributed by atoms with Gasteiger partial charge in [0.2, 0.25) is 0 Å². The Balaban J connectivity index is 1.60. The maximum atomic E-state index is 6.66. The molecule has 2 saturated heterocycles. The third-order valence-corrected chi connectivity index (χ3v) is 5.78. The van der Waals surface area contributed by atoms with Crippen LogP contribution in [0, 0.1) is 5.41 Å². The molecule has 0 bridgehead atoms. The van der Waals surface area contributed by atoms with Gasteiger partial charge in [0.15, 0.2) is 0 Å². The van der Waals surface area contributed by atoms with E-state index in [0.29, 0.717) is 5.41 Å². The smallest absolute Gasteiger partial charge is 0.143 e. The molecule has 2 aliphatic heterocycles. The zero-order chi connectivity index (χ0) is 11.4. The molecule has 4 aliphatic rings. The first-order valence-electron chi connectivity index (χ1n) is 7.31. The molecule has 3 nitrogen and oxygen atoms in total. The number of hydrogen-bond acceptors (Lipinski definition) is 3. The average Bonchev–Trinajstić information content (AvgIpc) is 2.26. The highest BCUT2D eigenvalue weighted by Gasteiger charge is 2.64. The van der Waals surface area contributed by atoms with Gasteiger partial charge in [-0.25, -0.2) is 0 Å². The second-order valence-electron chi connectivity index (χ2n) is 6.59. The van der Waals surface area contributed by atoms with Gasteiger partial charge in [-0.3, -0.25) is 5.32 Å². The van der Waals surface area contributed by atoms with E-state index in [4.69, 9.17) is 9.47 Å². The lowest BCUT2D eigenvalue weighted by Crippen LogP contribution is -2.74. The van der Waals surface area contributed by atoms with E-state index < -0.39 is 0 Å². The molecule has 0 aromatic heterocycles. The molecule has 3 heteroatoms. The van der Waals surface area contributed by atoms with Crippen molar-refractivity contribution in [3.63, 3.8) is 0 Å². The fourth-order valence-corrected chi connectivity index (χ4v) is 4.36. The summed E-state index contributed by atoms with van der Waals surface area (Å²) in [6.45, 7) is 2.83. The number of ether oxygens (including phenoxy) is 2. The van der Waals surface area contributed by atoms with Crippen molar-refractivity contribution in [1.29, 1.82) is 0 Å². The van der Waals surface area contributed by atoms with Gasteiger partial charge in [0.1, 0.15) is 5.72 Å². The first-order valence-corrected chi connectivity index (χ1v) is 7.31. The first-order chi connectivity index (χ1) is 8.29. The van der Waals surface area contributed by atoms with E-state index in [1.165, 1.54) is 38.5 Å². The summed E-state index contributed by atoms with van der Waals surface area (Å²) in [4.78, 5) is 0. The molecule has 2 saturated carbocycles. The molecule has 4 fully saturated rings. The van der Waals surface area contributed by atoms with Crippen LogP contribution in [0.3, 0.4) is 0 Å². The summed E-state index contributed by atoms with van der Waals surface area (Å²) in [5.41, 5.74) is 0.560. The minimum atomic E-state index is -0.139. The Morgan fingerprint density at radius 1 is 0.882 bits per heavy atom. The number of fused-ring (bicyclic) bond motifs is 1. The van der Waals surface area contributed by atoms with Crippen LogP contribution in [0.4, 0.5) is 0 Å². The van der Waals surface area contributed by atoms with Gasteiger partial charge in [-0.05, 0) is 44.9 Å². The molecule has 0 amide bonds. The predicted molar refractivity (Wildman–Crippen MR) is 64.7 cm³/mol. The summed E-state index contributed by atoms with van der Waals surface area (Å²) in [5, 5.41) is 3.70. The van der Waals surface area contributed by atoms with Gasteiger partial charge in [-0.15, -0.1) is 0 Å². The average molecular weight is 237 g/mol. The van der Waals surface area contributed by atoms with Crippen molar-refractivity contribution in [2.75, 3.05) is 19.8 Å². The van der Waals surface area contributed by atoms with Crippen molar-refractivity contribution in [2.45, 2.75) is 62.7 Å². The Labute approximate surface area is 103 Å². The molecule has 17 heavy (non-hydrogen) atoms. The fourth-order valence-electron chi connectivity index (χ4n) is 4.36. The van der Waals surface area contributed by atoms with E-state index in [1.807, 2.05) is 0 Å². The second-order valence-corrected chi connectivity index (χ2v) is 6.59. The lowest BCUT2D eigenvalue weighted by Gasteiger charge is -2.67. The van der Waals surface area contributed by atoms with Crippen molar-refractivity contribution in [2.24, 2.45) is 5.41 Å². The minimum absolute atomic E-state index is 0.139. The summed E-state index contributed by atoms with van der Waals surface area (Å²) in [6, 6.07) is 0. The summed E-state index contributed by atoms with van der Waals surface area (Å²) < 4.78 is 12.3. The van der Waals surface area contributed by atoms with Gasteiger partial charge >= 0.3 is 0 Å². The molecule has 0 aromatic carbocycles. The first kappa shape index (κ1) is 10.8. The number of rotatable bonds is 0. The molecule has 0 aromatic rings. The maximum Gasteiger partial charge on any atom is 0.143 e. The van der Waals surface area contributed by atoms with E-state index in [9.17, 15) is 0 Å². The Bertz CT molecular complexity index is 314. The van der Waals surface area contributed by atoms with Crippen LogP contribution in [0.5, 0.6) is 0 Å². The van der Waals surface area contributed by atoms with E-state index in [0.717, 1.165) is 32.6 Å². The molecule has 1 unspecified atom stereocenters. The topological polar surface area (TPSA) is 30.5 Å². The third-order valence-electron chi connectivity index (χ3n) is 5.78. The summed E-state index contributed by atoms with van der Waals surface area (Å²) in [7, 11) is 0.